The molecule has 1 atom stereocenters. The summed E-state index contributed by atoms with van der Waals surface area (Å²) >= 11 is 10.6. The molecule has 0 N–H and O–H groups in total. The van der Waals surface area contributed by atoms with Crippen molar-refractivity contribution in [3.63, 3.8) is 0 Å². The van der Waals surface area contributed by atoms with Crippen molar-refractivity contribution in [1.29, 1.82) is 0 Å². The summed E-state index contributed by atoms with van der Waals surface area (Å²) < 4.78 is 1.28. The number of benzene rings is 1. The van der Waals surface area contributed by atoms with Gasteiger partial charge >= 0.3 is 0 Å². The smallest absolute Gasteiger partial charge is 0.0846 e. The first-order valence-electron chi connectivity index (χ1n) is 5.03. The van der Waals surface area contributed by atoms with Gasteiger partial charge in [-0.05, 0) is 64.6 Å². The van der Waals surface area contributed by atoms with Crippen molar-refractivity contribution < 1.29 is 0 Å². The summed E-state index contributed by atoms with van der Waals surface area (Å²) in [6.07, 6.45) is 0. The van der Waals surface area contributed by atoms with E-state index in [1.54, 1.807) is 11.3 Å². The predicted octanol–water partition coefficient (Wildman–Crippen LogP) is 5.30. The van der Waals surface area contributed by atoms with Crippen LogP contribution in [0.15, 0.2) is 29.6 Å². The van der Waals surface area contributed by atoms with Gasteiger partial charge in [0.25, 0.3) is 0 Å². The Hall–Kier alpha value is -0.0600. The fourth-order valence-electron chi connectivity index (χ4n) is 1.67. The number of halogens is 2. The second-order valence-electron chi connectivity index (χ2n) is 3.91. The van der Waals surface area contributed by atoms with Crippen LogP contribution in [0.5, 0.6) is 0 Å². The molecule has 0 saturated carbocycles. The van der Waals surface area contributed by atoms with Gasteiger partial charge in [0.2, 0.25) is 0 Å². The van der Waals surface area contributed by atoms with Crippen molar-refractivity contribution in [3.05, 3.63) is 54.8 Å². The highest BCUT2D eigenvalue weighted by Crippen LogP contribution is 2.34. The number of hydrogen-bond donors (Lipinski definition) is 0. The molecule has 0 amide bonds. The van der Waals surface area contributed by atoms with E-state index >= 15 is 0 Å². The van der Waals surface area contributed by atoms with Crippen LogP contribution in [-0.4, -0.2) is 0 Å². The highest BCUT2D eigenvalue weighted by Gasteiger charge is 2.14. The molecule has 0 aliphatic heterocycles. The topological polar surface area (TPSA) is 0 Å². The van der Waals surface area contributed by atoms with Gasteiger partial charge in [0.1, 0.15) is 0 Å². The van der Waals surface area contributed by atoms with Crippen LogP contribution < -0.4 is 0 Å². The van der Waals surface area contributed by atoms with Crippen LogP contribution in [0.3, 0.4) is 0 Å². The quantitative estimate of drug-likeness (QED) is 0.502. The van der Waals surface area contributed by atoms with E-state index in [2.05, 4.69) is 66.1 Å². The van der Waals surface area contributed by atoms with Gasteiger partial charge in [-0.25, -0.2) is 0 Å². The third kappa shape index (κ3) is 2.60. The Morgan fingerprint density at radius 1 is 1.25 bits per heavy atom. The lowest BCUT2D eigenvalue weighted by molar-refractivity contribution is 1.11. The number of alkyl halides is 1. The second-order valence-corrected chi connectivity index (χ2v) is 7.15. The molecular weight excluding hydrogens is 351 g/mol. The zero-order valence-corrected chi connectivity index (χ0v) is 12.9. The average molecular weight is 363 g/mol. The van der Waals surface area contributed by atoms with Crippen molar-refractivity contribution in [2.24, 2.45) is 0 Å². The van der Waals surface area contributed by atoms with Crippen LogP contribution in [0.25, 0.3) is 0 Å². The summed E-state index contributed by atoms with van der Waals surface area (Å²) in [5.41, 5.74) is 4.93. The van der Waals surface area contributed by atoms with Crippen molar-refractivity contribution in [2.45, 2.75) is 19.2 Å². The molecular formula is C13H12ClIS. The molecule has 2 rings (SSSR count). The fraction of sp³-hybridized carbons (Fsp3) is 0.231. The monoisotopic (exact) mass is 362 g/mol. The van der Waals surface area contributed by atoms with E-state index in [0.717, 1.165) is 0 Å². The molecule has 0 bridgehead atoms. The van der Waals surface area contributed by atoms with Crippen molar-refractivity contribution >= 4 is 45.5 Å². The molecule has 1 aromatic heterocycles. The van der Waals surface area contributed by atoms with Gasteiger partial charge in [0.05, 0.1) is 8.26 Å². The minimum Gasteiger partial charge on any atom is -0.137 e. The van der Waals surface area contributed by atoms with Gasteiger partial charge in [0.15, 0.2) is 0 Å². The molecule has 1 aromatic carbocycles. The highest BCUT2D eigenvalue weighted by molar-refractivity contribution is 14.1. The molecule has 0 saturated heterocycles. The third-order valence-electron chi connectivity index (χ3n) is 2.59. The molecule has 0 aliphatic carbocycles. The van der Waals surface area contributed by atoms with Crippen LogP contribution in [0, 0.1) is 16.7 Å². The van der Waals surface area contributed by atoms with Crippen LogP contribution in [0.2, 0.25) is 0 Å². The van der Waals surface area contributed by atoms with Gasteiger partial charge in [-0.15, -0.1) is 22.9 Å². The third-order valence-corrected chi connectivity index (χ3v) is 4.88. The summed E-state index contributed by atoms with van der Waals surface area (Å²) in [4.78, 5) is 0. The number of hydrogen-bond acceptors (Lipinski definition) is 1. The van der Waals surface area contributed by atoms with E-state index in [1.165, 1.54) is 25.1 Å². The van der Waals surface area contributed by atoms with E-state index in [-0.39, 0.29) is 5.38 Å². The molecule has 1 heterocycles. The normalized spacial score (nSPS) is 12.8. The van der Waals surface area contributed by atoms with E-state index in [0.29, 0.717) is 0 Å². The Balaban J connectivity index is 2.40. The summed E-state index contributed by atoms with van der Waals surface area (Å²) in [5.74, 6) is 0. The van der Waals surface area contributed by atoms with Crippen molar-refractivity contribution in [2.75, 3.05) is 0 Å². The summed E-state index contributed by atoms with van der Waals surface area (Å²) in [5, 5.41) is 2.11. The van der Waals surface area contributed by atoms with E-state index < -0.39 is 0 Å². The Morgan fingerprint density at radius 2 is 2.00 bits per heavy atom. The molecule has 16 heavy (non-hydrogen) atoms. The van der Waals surface area contributed by atoms with E-state index in [4.69, 9.17) is 11.6 Å². The zero-order valence-electron chi connectivity index (χ0n) is 9.13. The van der Waals surface area contributed by atoms with Gasteiger partial charge in [-0.1, -0.05) is 23.8 Å². The molecule has 0 spiro atoms. The molecule has 0 fully saturated rings. The Labute approximate surface area is 119 Å². The Bertz CT molecular complexity index is 504. The largest absolute Gasteiger partial charge is 0.137 e. The molecule has 84 valence electrons. The molecule has 0 radical (unpaired) electrons. The standard InChI is InChI=1S/C13H12ClIS/c1-8-3-4-9(2)11(5-8)13(14)10-6-12(15)16-7-10/h3-7,13H,1-2H3. The van der Waals surface area contributed by atoms with Gasteiger partial charge < -0.3 is 0 Å². The number of thiophene rings is 1. The van der Waals surface area contributed by atoms with Crippen LogP contribution in [-0.2, 0) is 0 Å². The first-order chi connectivity index (χ1) is 7.58. The zero-order chi connectivity index (χ0) is 11.7. The molecule has 2 aromatic rings. The summed E-state index contributed by atoms with van der Waals surface area (Å²) in [6.45, 7) is 4.21. The SMILES string of the molecule is Cc1ccc(C)c(C(Cl)c2csc(I)c2)c1. The van der Waals surface area contributed by atoms with Gasteiger partial charge in [-0.3, -0.25) is 0 Å². The second kappa shape index (κ2) is 5.07. The van der Waals surface area contributed by atoms with Gasteiger partial charge in [0, 0.05) is 0 Å². The lowest BCUT2D eigenvalue weighted by atomic mass is 10.00. The average Bonchev–Trinajstić information content (AvgIpc) is 2.67. The highest BCUT2D eigenvalue weighted by atomic mass is 127. The van der Waals surface area contributed by atoms with Gasteiger partial charge in [-0.2, -0.15) is 0 Å². The van der Waals surface area contributed by atoms with E-state index in [1.807, 2.05) is 0 Å². The molecule has 0 nitrogen and oxygen atoms in total. The number of rotatable bonds is 2. The maximum atomic E-state index is 6.53. The fourth-order valence-corrected chi connectivity index (χ4v) is 3.50. The predicted molar refractivity (Wildman–Crippen MR) is 80.6 cm³/mol. The van der Waals surface area contributed by atoms with Crippen LogP contribution >= 0.6 is 45.5 Å². The molecule has 3 heteroatoms. The van der Waals surface area contributed by atoms with Crippen LogP contribution in [0.1, 0.15) is 27.6 Å². The maximum Gasteiger partial charge on any atom is 0.0846 e. The Morgan fingerprint density at radius 3 is 2.62 bits per heavy atom. The van der Waals surface area contributed by atoms with Crippen molar-refractivity contribution in [1.82, 2.24) is 0 Å². The van der Waals surface area contributed by atoms with Crippen LogP contribution in [0.4, 0.5) is 0 Å². The first kappa shape index (κ1) is 12.4. The minimum atomic E-state index is -0.0281. The lowest BCUT2D eigenvalue weighted by Crippen LogP contribution is -1.95. The molecule has 0 aliphatic rings. The number of aryl methyl sites for hydroxylation is 2. The first-order valence-corrected chi connectivity index (χ1v) is 7.42. The Kier molecular flexibility index (Phi) is 3.93. The lowest BCUT2D eigenvalue weighted by Gasteiger charge is -2.12. The van der Waals surface area contributed by atoms with Crippen molar-refractivity contribution in [3.8, 4) is 0 Å². The summed E-state index contributed by atoms with van der Waals surface area (Å²) in [7, 11) is 0. The van der Waals surface area contributed by atoms with E-state index in [9.17, 15) is 0 Å². The molecule has 1 unspecified atom stereocenters. The summed E-state index contributed by atoms with van der Waals surface area (Å²) in [6, 6.07) is 8.60. The minimum absolute atomic E-state index is 0.0281. The maximum absolute atomic E-state index is 6.53.